The van der Waals surface area contributed by atoms with Gasteiger partial charge in [-0.05, 0) is 43.5 Å². The molecule has 2 aromatic rings. The van der Waals surface area contributed by atoms with Crippen LogP contribution in [0.1, 0.15) is 35.4 Å². The van der Waals surface area contributed by atoms with Crippen molar-refractivity contribution < 1.29 is 0 Å². The number of likely N-dealkylation sites (tertiary alicyclic amines) is 1. The fourth-order valence-electron chi connectivity index (χ4n) is 4.03. The fourth-order valence-corrected chi connectivity index (χ4v) is 4.03. The minimum atomic E-state index is 0.623. The highest BCUT2D eigenvalue weighted by molar-refractivity contribution is 5.60. The summed E-state index contributed by atoms with van der Waals surface area (Å²) in [6.45, 7) is 5.66. The van der Waals surface area contributed by atoms with E-state index in [1.54, 1.807) is 0 Å². The second-order valence-corrected chi connectivity index (χ2v) is 6.81. The molecular weight excluding hydrogens is 268 g/mol. The van der Waals surface area contributed by atoms with Crippen LogP contribution in [0.4, 0.5) is 5.69 Å². The van der Waals surface area contributed by atoms with Crippen molar-refractivity contribution in [2.45, 2.75) is 38.3 Å². The molecule has 2 atom stereocenters. The Balaban J connectivity index is 1.56. The van der Waals surface area contributed by atoms with E-state index in [0.29, 0.717) is 12.0 Å². The molecule has 0 spiro atoms. The molecule has 0 aliphatic carbocycles. The zero-order valence-corrected chi connectivity index (χ0v) is 13.3. The Kier molecular flexibility index (Phi) is 3.63. The van der Waals surface area contributed by atoms with Gasteiger partial charge in [-0.3, -0.25) is 4.90 Å². The van der Waals surface area contributed by atoms with E-state index in [4.69, 9.17) is 0 Å². The minimum absolute atomic E-state index is 0.623. The van der Waals surface area contributed by atoms with Gasteiger partial charge in [-0.1, -0.05) is 48.0 Å². The summed E-state index contributed by atoms with van der Waals surface area (Å²) in [6.07, 6.45) is 2.57. The van der Waals surface area contributed by atoms with Gasteiger partial charge in [0, 0.05) is 30.7 Å². The summed E-state index contributed by atoms with van der Waals surface area (Å²) in [6, 6.07) is 18.4. The van der Waals surface area contributed by atoms with Crippen molar-refractivity contribution in [3.63, 3.8) is 0 Å². The van der Waals surface area contributed by atoms with Crippen molar-refractivity contribution in [2.24, 2.45) is 0 Å². The maximum absolute atomic E-state index is 3.76. The highest BCUT2D eigenvalue weighted by Crippen LogP contribution is 2.40. The van der Waals surface area contributed by atoms with E-state index < -0.39 is 0 Å². The van der Waals surface area contributed by atoms with Crippen molar-refractivity contribution in [3.05, 3.63) is 65.2 Å². The molecule has 2 aliphatic rings. The molecule has 0 radical (unpaired) electrons. The molecule has 2 nitrogen and oxygen atoms in total. The number of benzene rings is 2. The van der Waals surface area contributed by atoms with Crippen LogP contribution in [-0.4, -0.2) is 24.0 Å². The Morgan fingerprint density at radius 2 is 2.00 bits per heavy atom. The normalized spacial score (nSPS) is 24.2. The number of hydrogen-bond acceptors (Lipinski definition) is 2. The highest BCUT2D eigenvalue weighted by Gasteiger charge is 2.34. The molecule has 1 unspecified atom stereocenters. The SMILES string of the molecule is Cc1ccc2c(c1)[C@@H]1CN(Cc3ccccc3)CCCC1N2. The zero-order chi connectivity index (χ0) is 14.9. The molecule has 2 aliphatic heterocycles. The molecule has 0 amide bonds. The Bertz CT molecular complexity index is 650. The Morgan fingerprint density at radius 3 is 2.86 bits per heavy atom. The third kappa shape index (κ3) is 2.64. The van der Waals surface area contributed by atoms with Crippen LogP contribution < -0.4 is 5.32 Å². The summed E-state index contributed by atoms with van der Waals surface area (Å²) in [5, 5.41) is 3.76. The van der Waals surface area contributed by atoms with E-state index in [0.717, 1.165) is 6.54 Å². The van der Waals surface area contributed by atoms with Crippen molar-refractivity contribution in [3.8, 4) is 0 Å². The molecule has 0 aromatic heterocycles. The van der Waals surface area contributed by atoms with Crippen molar-refractivity contribution in [1.82, 2.24) is 4.90 Å². The van der Waals surface area contributed by atoms with Gasteiger partial charge in [0.05, 0.1) is 0 Å². The van der Waals surface area contributed by atoms with Crippen LogP contribution in [0.3, 0.4) is 0 Å². The third-order valence-electron chi connectivity index (χ3n) is 5.13. The van der Waals surface area contributed by atoms with Crippen molar-refractivity contribution >= 4 is 5.69 Å². The number of hydrogen-bond donors (Lipinski definition) is 1. The molecule has 1 N–H and O–H groups in total. The summed E-state index contributed by atoms with van der Waals surface area (Å²) in [5.41, 5.74) is 5.70. The molecule has 1 saturated heterocycles. The van der Waals surface area contributed by atoms with Crippen LogP contribution in [0.5, 0.6) is 0 Å². The Hall–Kier alpha value is -1.80. The van der Waals surface area contributed by atoms with Gasteiger partial charge in [0.25, 0.3) is 0 Å². The van der Waals surface area contributed by atoms with E-state index in [-0.39, 0.29) is 0 Å². The number of aryl methyl sites for hydroxylation is 1. The van der Waals surface area contributed by atoms with Crippen LogP contribution in [0, 0.1) is 6.92 Å². The first kappa shape index (κ1) is 13.8. The molecule has 1 fully saturated rings. The zero-order valence-electron chi connectivity index (χ0n) is 13.3. The quantitative estimate of drug-likeness (QED) is 0.893. The van der Waals surface area contributed by atoms with Crippen molar-refractivity contribution in [2.75, 3.05) is 18.4 Å². The molecular formula is C20H24N2. The molecule has 2 aromatic carbocycles. The van der Waals surface area contributed by atoms with E-state index >= 15 is 0 Å². The summed E-state index contributed by atoms with van der Waals surface area (Å²) >= 11 is 0. The minimum Gasteiger partial charge on any atom is -0.381 e. The number of rotatable bonds is 2. The number of nitrogens with zero attached hydrogens (tertiary/aromatic N) is 1. The lowest BCUT2D eigenvalue weighted by Crippen LogP contribution is -2.29. The molecule has 22 heavy (non-hydrogen) atoms. The summed E-state index contributed by atoms with van der Waals surface area (Å²) in [5.74, 6) is 0.640. The van der Waals surface area contributed by atoms with E-state index in [1.165, 1.54) is 48.3 Å². The Morgan fingerprint density at radius 1 is 1.14 bits per heavy atom. The molecule has 2 heterocycles. The average molecular weight is 292 g/mol. The molecule has 4 rings (SSSR count). The predicted octanol–water partition coefficient (Wildman–Crippen LogP) is 4.17. The fraction of sp³-hybridized carbons (Fsp3) is 0.400. The standard InChI is InChI=1S/C20H24N2/c1-15-9-10-20-17(12-15)18-14-22(11-5-8-19(18)21-20)13-16-6-3-2-4-7-16/h2-4,6-7,9-10,12,18-19,21H,5,8,11,13-14H2,1H3/t18-,19?/m0/s1. The lowest BCUT2D eigenvalue weighted by atomic mass is 9.92. The van der Waals surface area contributed by atoms with Gasteiger partial charge < -0.3 is 5.32 Å². The molecule has 0 saturated carbocycles. The van der Waals surface area contributed by atoms with Crippen LogP contribution >= 0.6 is 0 Å². The number of fused-ring (bicyclic) bond motifs is 3. The third-order valence-corrected chi connectivity index (χ3v) is 5.13. The summed E-state index contributed by atoms with van der Waals surface area (Å²) in [4.78, 5) is 2.64. The van der Waals surface area contributed by atoms with Crippen molar-refractivity contribution in [1.29, 1.82) is 0 Å². The van der Waals surface area contributed by atoms with Crippen LogP contribution in [0.15, 0.2) is 48.5 Å². The molecule has 2 heteroatoms. The van der Waals surface area contributed by atoms with Crippen LogP contribution in [0.2, 0.25) is 0 Å². The highest BCUT2D eigenvalue weighted by atomic mass is 15.1. The summed E-state index contributed by atoms with van der Waals surface area (Å²) in [7, 11) is 0. The first-order valence-corrected chi connectivity index (χ1v) is 8.43. The first-order chi connectivity index (χ1) is 10.8. The maximum atomic E-state index is 3.76. The van der Waals surface area contributed by atoms with Gasteiger partial charge in [0.15, 0.2) is 0 Å². The monoisotopic (exact) mass is 292 g/mol. The van der Waals surface area contributed by atoms with Gasteiger partial charge in [-0.15, -0.1) is 0 Å². The molecule has 0 bridgehead atoms. The lowest BCUT2D eigenvalue weighted by Gasteiger charge is -2.24. The van der Waals surface area contributed by atoms with Crippen LogP contribution in [-0.2, 0) is 6.54 Å². The lowest BCUT2D eigenvalue weighted by molar-refractivity contribution is 0.264. The maximum Gasteiger partial charge on any atom is 0.0379 e. The van der Waals surface area contributed by atoms with E-state index in [1.807, 2.05) is 0 Å². The molecule has 114 valence electrons. The number of anilines is 1. The van der Waals surface area contributed by atoms with Crippen LogP contribution in [0.25, 0.3) is 0 Å². The van der Waals surface area contributed by atoms with Gasteiger partial charge in [0.1, 0.15) is 0 Å². The van der Waals surface area contributed by atoms with Gasteiger partial charge in [0.2, 0.25) is 0 Å². The average Bonchev–Trinajstić information content (AvgIpc) is 2.73. The Labute approximate surface area is 133 Å². The first-order valence-electron chi connectivity index (χ1n) is 8.43. The largest absolute Gasteiger partial charge is 0.381 e. The van der Waals surface area contributed by atoms with E-state index in [2.05, 4.69) is 65.7 Å². The topological polar surface area (TPSA) is 15.3 Å². The second kappa shape index (κ2) is 5.77. The predicted molar refractivity (Wildman–Crippen MR) is 92.3 cm³/mol. The smallest absolute Gasteiger partial charge is 0.0379 e. The van der Waals surface area contributed by atoms with Gasteiger partial charge in [-0.25, -0.2) is 0 Å². The van der Waals surface area contributed by atoms with Gasteiger partial charge >= 0.3 is 0 Å². The number of nitrogens with one attached hydrogen (secondary N) is 1. The van der Waals surface area contributed by atoms with E-state index in [9.17, 15) is 0 Å². The summed E-state index contributed by atoms with van der Waals surface area (Å²) < 4.78 is 0. The van der Waals surface area contributed by atoms with Gasteiger partial charge in [-0.2, -0.15) is 0 Å². The second-order valence-electron chi connectivity index (χ2n) is 6.81.